The van der Waals surface area contributed by atoms with Gasteiger partial charge in [0, 0.05) is 12.2 Å². The van der Waals surface area contributed by atoms with E-state index in [-0.39, 0.29) is 18.0 Å². The lowest BCUT2D eigenvalue weighted by Crippen LogP contribution is -2.45. The molecule has 4 nitrogen and oxygen atoms in total. The lowest BCUT2D eigenvalue weighted by Gasteiger charge is -2.21. The highest BCUT2D eigenvalue weighted by Crippen LogP contribution is 2.14. The first-order chi connectivity index (χ1) is 5.79. The average Bonchev–Trinajstić information content (AvgIpc) is 2.61. The van der Waals surface area contributed by atoms with Gasteiger partial charge in [-0.3, -0.25) is 19.8 Å². The van der Waals surface area contributed by atoms with Crippen molar-refractivity contribution >= 4 is 11.8 Å². The molecule has 1 unspecified atom stereocenters. The summed E-state index contributed by atoms with van der Waals surface area (Å²) in [7, 11) is 0. The first kappa shape index (κ1) is 7.49. The molecular formula is C8H10N2O2. The third-order valence-corrected chi connectivity index (χ3v) is 2.19. The van der Waals surface area contributed by atoms with Gasteiger partial charge in [0.15, 0.2) is 0 Å². The minimum absolute atomic E-state index is 0.0694. The Morgan fingerprint density at radius 1 is 1.33 bits per heavy atom. The van der Waals surface area contributed by atoms with E-state index in [1.54, 1.807) is 0 Å². The molecular weight excluding hydrogens is 156 g/mol. The van der Waals surface area contributed by atoms with Gasteiger partial charge in [0.1, 0.15) is 0 Å². The van der Waals surface area contributed by atoms with Gasteiger partial charge in [0.25, 0.3) is 11.8 Å². The van der Waals surface area contributed by atoms with Crippen LogP contribution in [0.25, 0.3) is 0 Å². The Bertz CT molecular complexity index is 236. The quantitative estimate of drug-likeness (QED) is 0.540. The van der Waals surface area contributed by atoms with Crippen LogP contribution in [-0.4, -0.2) is 29.4 Å². The van der Waals surface area contributed by atoms with E-state index in [1.165, 1.54) is 17.1 Å². The fourth-order valence-corrected chi connectivity index (χ4v) is 1.61. The van der Waals surface area contributed by atoms with Crippen LogP contribution in [0, 0.1) is 0 Å². The van der Waals surface area contributed by atoms with E-state index in [2.05, 4.69) is 5.32 Å². The van der Waals surface area contributed by atoms with E-state index in [4.69, 9.17) is 0 Å². The van der Waals surface area contributed by atoms with Crippen molar-refractivity contribution in [3.8, 4) is 0 Å². The van der Waals surface area contributed by atoms with E-state index >= 15 is 0 Å². The second-order valence-corrected chi connectivity index (χ2v) is 2.99. The third kappa shape index (κ3) is 1.04. The standard InChI is InChI=1S/C8H10N2O2/c11-7-3-4-8(12)10(7)6-2-1-5-9-6/h3-4,6,9H,1-2,5H2. The topological polar surface area (TPSA) is 49.4 Å². The third-order valence-electron chi connectivity index (χ3n) is 2.19. The zero-order valence-electron chi connectivity index (χ0n) is 6.62. The molecule has 0 spiro atoms. The average molecular weight is 166 g/mol. The van der Waals surface area contributed by atoms with Crippen molar-refractivity contribution in [1.82, 2.24) is 10.2 Å². The Morgan fingerprint density at radius 2 is 2.00 bits per heavy atom. The zero-order chi connectivity index (χ0) is 8.55. The highest BCUT2D eigenvalue weighted by molar-refractivity contribution is 6.13. The van der Waals surface area contributed by atoms with Gasteiger partial charge in [-0.2, -0.15) is 0 Å². The van der Waals surface area contributed by atoms with Gasteiger partial charge < -0.3 is 0 Å². The Morgan fingerprint density at radius 3 is 2.50 bits per heavy atom. The van der Waals surface area contributed by atoms with Crippen molar-refractivity contribution in [3.63, 3.8) is 0 Å². The molecule has 12 heavy (non-hydrogen) atoms. The van der Waals surface area contributed by atoms with Crippen molar-refractivity contribution in [2.45, 2.75) is 19.0 Å². The first-order valence-electron chi connectivity index (χ1n) is 4.07. The number of nitrogens with one attached hydrogen (secondary N) is 1. The molecule has 0 aromatic rings. The normalized spacial score (nSPS) is 29.0. The number of hydrogen-bond donors (Lipinski definition) is 1. The van der Waals surface area contributed by atoms with Crippen molar-refractivity contribution in [3.05, 3.63) is 12.2 Å². The van der Waals surface area contributed by atoms with Gasteiger partial charge in [-0.05, 0) is 19.4 Å². The van der Waals surface area contributed by atoms with Crippen LogP contribution in [0.2, 0.25) is 0 Å². The maximum Gasteiger partial charge on any atom is 0.254 e. The van der Waals surface area contributed by atoms with Gasteiger partial charge in [-0.15, -0.1) is 0 Å². The second kappa shape index (κ2) is 2.71. The smallest absolute Gasteiger partial charge is 0.254 e. The number of carbonyl (C=O) groups is 2. The summed E-state index contributed by atoms with van der Waals surface area (Å²) in [4.78, 5) is 23.6. The molecule has 0 saturated carbocycles. The van der Waals surface area contributed by atoms with E-state index in [0.29, 0.717) is 0 Å². The monoisotopic (exact) mass is 166 g/mol. The molecule has 0 aliphatic carbocycles. The number of amides is 2. The molecule has 0 aromatic heterocycles. The summed E-state index contributed by atoms with van der Waals surface area (Å²) in [5.74, 6) is -0.390. The van der Waals surface area contributed by atoms with E-state index < -0.39 is 0 Å². The molecule has 0 bridgehead atoms. The van der Waals surface area contributed by atoms with Gasteiger partial charge in [-0.25, -0.2) is 0 Å². The fourth-order valence-electron chi connectivity index (χ4n) is 1.61. The Balaban J connectivity index is 2.12. The fraction of sp³-hybridized carbons (Fsp3) is 0.500. The summed E-state index contributed by atoms with van der Waals surface area (Å²) in [6.45, 7) is 0.891. The van der Waals surface area contributed by atoms with Crippen LogP contribution in [0.3, 0.4) is 0 Å². The number of carbonyl (C=O) groups excluding carboxylic acids is 2. The van der Waals surface area contributed by atoms with Crippen LogP contribution in [0.15, 0.2) is 12.2 Å². The molecule has 2 amide bonds. The highest BCUT2D eigenvalue weighted by Gasteiger charge is 2.32. The molecule has 2 aliphatic heterocycles. The van der Waals surface area contributed by atoms with Crippen LogP contribution in [0.5, 0.6) is 0 Å². The van der Waals surface area contributed by atoms with Gasteiger partial charge in [0.05, 0.1) is 6.17 Å². The molecule has 2 rings (SSSR count). The summed E-state index contributed by atoms with van der Waals surface area (Å²) in [5, 5.41) is 3.10. The van der Waals surface area contributed by atoms with Gasteiger partial charge in [0.2, 0.25) is 0 Å². The SMILES string of the molecule is O=C1C=CC(=O)N1C1CCCN1. The largest absolute Gasteiger partial charge is 0.297 e. The Kier molecular flexibility index (Phi) is 1.69. The molecule has 0 aromatic carbocycles. The Hall–Kier alpha value is -1.16. The molecule has 2 aliphatic rings. The predicted molar refractivity (Wildman–Crippen MR) is 42.0 cm³/mol. The maximum absolute atomic E-state index is 11.1. The molecule has 4 heteroatoms. The van der Waals surface area contributed by atoms with Crippen LogP contribution in [-0.2, 0) is 9.59 Å². The van der Waals surface area contributed by atoms with E-state index in [0.717, 1.165) is 19.4 Å². The summed E-state index contributed by atoms with van der Waals surface area (Å²) in [5.41, 5.74) is 0. The lowest BCUT2D eigenvalue weighted by atomic mass is 10.3. The second-order valence-electron chi connectivity index (χ2n) is 2.99. The lowest BCUT2D eigenvalue weighted by molar-refractivity contribution is -0.139. The zero-order valence-corrected chi connectivity index (χ0v) is 6.62. The summed E-state index contributed by atoms with van der Waals surface area (Å²) < 4.78 is 0. The number of hydrogen-bond acceptors (Lipinski definition) is 3. The van der Waals surface area contributed by atoms with Crippen molar-refractivity contribution in [2.24, 2.45) is 0 Å². The van der Waals surface area contributed by atoms with Gasteiger partial charge >= 0.3 is 0 Å². The molecule has 0 radical (unpaired) electrons. The highest BCUT2D eigenvalue weighted by atomic mass is 16.2. The number of imide groups is 1. The Labute approximate surface area is 70.2 Å². The van der Waals surface area contributed by atoms with Crippen LogP contribution < -0.4 is 5.32 Å². The van der Waals surface area contributed by atoms with Crippen LogP contribution in [0.1, 0.15) is 12.8 Å². The van der Waals surface area contributed by atoms with E-state index in [9.17, 15) is 9.59 Å². The summed E-state index contributed by atoms with van der Waals surface area (Å²) >= 11 is 0. The van der Waals surface area contributed by atoms with Crippen LogP contribution >= 0.6 is 0 Å². The first-order valence-corrected chi connectivity index (χ1v) is 4.07. The van der Waals surface area contributed by atoms with Gasteiger partial charge in [-0.1, -0.05) is 0 Å². The molecule has 1 saturated heterocycles. The van der Waals surface area contributed by atoms with E-state index in [1.807, 2.05) is 0 Å². The number of nitrogens with zero attached hydrogens (tertiary/aromatic N) is 1. The minimum Gasteiger partial charge on any atom is -0.297 e. The molecule has 2 heterocycles. The summed E-state index contributed by atoms with van der Waals surface area (Å²) in [6, 6.07) is 0. The molecule has 64 valence electrons. The summed E-state index contributed by atoms with van der Waals surface area (Å²) in [6.07, 6.45) is 4.48. The molecule has 1 atom stereocenters. The number of rotatable bonds is 1. The van der Waals surface area contributed by atoms with Crippen molar-refractivity contribution in [2.75, 3.05) is 6.54 Å². The van der Waals surface area contributed by atoms with Crippen LogP contribution in [0.4, 0.5) is 0 Å². The van der Waals surface area contributed by atoms with Crippen molar-refractivity contribution < 1.29 is 9.59 Å². The predicted octanol–water partition coefficient (Wildman–Crippen LogP) is -0.379. The van der Waals surface area contributed by atoms with Crippen molar-refractivity contribution in [1.29, 1.82) is 0 Å². The minimum atomic E-state index is -0.195. The molecule has 1 fully saturated rings. The maximum atomic E-state index is 11.1. The molecule has 1 N–H and O–H groups in total.